The van der Waals surface area contributed by atoms with Crippen LogP contribution in [0.15, 0.2) is 12.1 Å². The average Bonchev–Trinajstić information content (AvgIpc) is 2.17. The molecule has 0 saturated carbocycles. The van der Waals surface area contributed by atoms with Gasteiger partial charge in [-0.05, 0) is 0 Å². The van der Waals surface area contributed by atoms with Gasteiger partial charge >= 0.3 is 6.36 Å². The molecular weight excluding hydrogens is 265 g/mol. The largest absolute Gasteiger partial charge is 0.573 e. The number of ether oxygens (including phenoxy) is 1. The van der Waals surface area contributed by atoms with Crippen LogP contribution in [0.4, 0.5) is 18.9 Å². The Bertz CT molecular complexity index is 510. The molecule has 1 aromatic rings. The molecule has 0 spiro atoms. The lowest BCUT2D eigenvalue weighted by molar-refractivity contribution is -0.385. The molecule has 17 heavy (non-hydrogen) atoms. The van der Waals surface area contributed by atoms with Crippen molar-refractivity contribution in [1.29, 1.82) is 5.26 Å². The molecule has 0 unspecified atom stereocenters. The lowest BCUT2D eigenvalue weighted by Gasteiger charge is -2.09. The lowest BCUT2D eigenvalue weighted by atomic mass is 10.2. The summed E-state index contributed by atoms with van der Waals surface area (Å²) >= 11 is 5.45. The van der Waals surface area contributed by atoms with E-state index in [-0.39, 0.29) is 0 Å². The number of nitro groups is 1. The summed E-state index contributed by atoms with van der Waals surface area (Å²) < 4.78 is 39.2. The second-order valence-electron chi connectivity index (χ2n) is 2.72. The molecule has 0 aliphatic rings. The number of nitro benzene ring substituents is 1. The second-order valence-corrected chi connectivity index (χ2v) is 3.10. The van der Waals surface area contributed by atoms with Crippen molar-refractivity contribution in [3.05, 3.63) is 32.8 Å². The third-order valence-corrected chi connectivity index (χ3v) is 1.97. The van der Waals surface area contributed by atoms with Gasteiger partial charge in [-0.25, -0.2) is 0 Å². The van der Waals surface area contributed by atoms with Crippen molar-refractivity contribution in [3.63, 3.8) is 0 Å². The van der Waals surface area contributed by atoms with E-state index < -0.39 is 33.3 Å². The fourth-order valence-corrected chi connectivity index (χ4v) is 1.21. The van der Waals surface area contributed by atoms with E-state index in [1.54, 1.807) is 0 Å². The van der Waals surface area contributed by atoms with Crippen LogP contribution in [0.25, 0.3) is 0 Å². The highest BCUT2D eigenvalue weighted by Crippen LogP contribution is 2.34. The van der Waals surface area contributed by atoms with Crippen molar-refractivity contribution in [2.45, 2.75) is 6.36 Å². The van der Waals surface area contributed by atoms with Crippen molar-refractivity contribution in [3.8, 4) is 11.8 Å². The first-order valence-corrected chi connectivity index (χ1v) is 4.26. The minimum Gasteiger partial charge on any atom is -0.405 e. The molecule has 5 nitrogen and oxygen atoms in total. The van der Waals surface area contributed by atoms with E-state index in [0.717, 1.165) is 0 Å². The lowest BCUT2D eigenvalue weighted by Crippen LogP contribution is -2.17. The topological polar surface area (TPSA) is 76.2 Å². The van der Waals surface area contributed by atoms with E-state index in [2.05, 4.69) is 4.74 Å². The van der Waals surface area contributed by atoms with Crippen molar-refractivity contribution in [2.24, 2.45) is 0 Å². The van der Waals surface area contributed by atoms with Gasteiger partial charge in [0.05, 0.1) is 16.6 Å². The predicted octanol–water partition coefficient (Wildman–Crippen LogP) is 3.02. The summed E-state index contributed by atoms with van der Waals surface area (Å²) in [7, 11) is 0. The monoisotopic (exact) mass is 266 g/mol. The summed E-state index contributed by atoms with van der Waals surface area (Å²) in [5.41, 5.74) is -1.30. The van der Waals surface area contributed by atoms with Crippen LogP contribution in [0.5, 0.6) is 5.75 Å². The zero-order valence-electron chi connectivity index (χ0n) is 7.79. The first-order valence-electron chi connectivity index (χ1n) is 3.88. The molecule has 0 aromatic heterocycles. The molecule has 0 aliphatic heterocycles. The van der Waals surface area contributed by atoms with Crippen LogP contribution in [-0.2, 0) is 0 Å². The molecule has 0 N–H and O–H groups in total. The van der Waals surface area contributed by atoms with E-state index >= 15 is 0 Å². The Morgan fingerprint density at radius 3 is 2.47 bits per heavy atom. The van der Waals surface area contributed by atoms with Crippen LogP contribution in [0.2, 0.25) is 5.02 Å². The molecule has 90 valence electrons. The summed E-state index contributed by atoms with van der Waals surface area (Å²) in [5.74, 6) is -0.870. The molecule has 9 heteroatoms. The number of nitrogens with zero attached hydrogens (tertiary/aromatic N) is 2. The third kappa shape index (κ3) is 3.22. The summed E-state index contributed by atoms with van der Waals surface area (Å²) in [6.45, 7) is 0. The SMILES string of the molecule is N#Cc1cc(OC(F)(F)F)cc([N+](=O)[O-])c1Cl. The maximum absolute atomic E-state index is 11.9. The minimum atomic E-state index is -5.01. The third-order valence-electron chi connectivity index (χ3n) is 1.58. The Hall–Kier alpha value is -2.01. The molecular formula is C8H2ClF3N2O3. The van der Waals surface area contributed by atoms with Gasteiger partial charge in [0.25, 0.3) is 5.69 Å². The maximum atomic E-state index is 11.9. The number of benzene rings is 1. The Labute approximate surface area is 97.1 Å². The second kappa shape index (κ2) is 4.47. The number of hydrogen-bond acceptors (Lipinski definition) is 4. The number of nitriles is 1. The standard InChI is InChI=1S/C8H2ClF3N2O3/c9-7-4(3-13)1-5(17-8(10,11)12)2-6(7)14(15)16/h1-2H. The van der Waals surface area contributed by atoms with Crippen LogP contribution >= 0.6 is 11.6 Å². The van der Waals surface area contributed by atoms with Gasteiger partial charge in [0.2, 0.25) is 0 Å². The number of alkyl halides is 3. The average molecular weight is 267 g/mol. The Morgan fingerprint density at radius 1 is 1.47 bits per heavy atom. The van der Waals surface area contributed by atoms with E-state index in [1.807, 2.05) is 0 Å². The highest BCUT2D eigenvalue weighted by Gasteiger charge is 2.32. The molecule has 0 heterocycles. The zero-order valence-corrected chi connectivity index (χ0v) is 8.54. The molecule has 1 aromatic carbocycles. The summed E-state index contributed by atoms with van der Waals surface area (Å²) in [6, 6.07) is 2.60. The highest BCUT2D eigenvalue weighted by atomic mass is 35.5. The fourth-order valence-electron chi connectivity index (χ4n) is 0.990. The van der Waals surface area contributed by atoms with Gasteiger partial charge in [-0.3, -0.25) is 10.1 Å². The predicted molar refractivity (Wildman–Crippen MR) is 49.5 cm³/mol. The number of halogens is 4. The van der Waals surface area contributed by atoms with Crippen molar-refractivity contribution >= 4 is 17.3 Å². The summed E-state index contributed by atoms with van der Waals surface area (Å²) in [4.78, 5) is 9.48. The summed E-state index contributed by atoms with van der Waals surface area (Å²) in [6.07, 6.45) is -5.01. The molecule has 0 amide bonds. The van der Waals surface area contributed by atoms with Crippen LogP contribution < -0.4 is 4.74 Å². The Balaban J connectivity index is 3.32. The molecule has 0 radical (unpaired) electrons. The van der Waals surface area contributed by atoms with E-state index in [1.165, 1.54) is 6.07 Å². The smallest absolute Gasteiger partial charge is 0.405 e. The quantitative estimate of drug-likeness (QED) is 0.609. The molecule has 0 bridgehead atoms. The first kappa shape index (κ1) is 13.1. The van der Waals surface area contributed by atoms with Crippen molar-refractivity contribution in [2.75, 3.05) is 0 Å². The molecule has 1 rings (SSSR count). The van der Waals surface area contributed by atoms with Crippen LogP contribution in [0.1, 0.15) is 5.56 Å². The fraction of sp³-hybridized carbons (Fsp3) is 0.125. The van der Waals surface area contributed by atoms with E-state index in [9.17, 15) is 23.3 Å². The molecule has 0 aliphatic carbocycles. The van der Waals surface area contributed by atoms with E-state index in [4.69, 9.17) is 16.9 Å². The molecule has 0 atom stereocenters. The van der Waals surface area contributed by atoms with Gasteiger partial charge in [-0.2, -0.15) is 5.26 Å². The van der Waals surface area contributed by atoms with Crippen molar-refractivity contribution in [1.82, 2.24) is 0 Å². The van der Waals surface area contributed by atoms with Gasteiger partial charge in [0.1, 0.15) is 16.8 Å². The zero-order chi connectivity index (χ0) is 13.2. The van der Waals surface area contributed by atoms with Gasteiger partial charge in [-0.15, -0.1) is 13.2 Å². The van der Waals surface area contributed by atoms with Gasteiger partial charge < -0.3 is 4.74 Å². The van der Waals surface area contributed by atoms with Gasteiger partial charge in [-0.1, -0.05) is 11.6 Å². The highest BCUT2D eigenvalue weighted by molar-refractivity contribution is 6.33. The minimum absolute atomic E-state index is 0.472. The normalized spacial score (nSPS) is 10.8. The Morgan fingerprint density at radius 2 is 2.06 bits per heavy atom. The van der Waals surface area contributed by atoms with E-state index in [0.29, 0.717) is 12.1 Å². The number of rotatable bonds is 2. The first-order chi connectivity index (χ1) is 7.74. The van der Waals surface area contributed by atoms with Crippen LogP contribution in [-0.4, -0.2) is 11.3 Å². The number of hydrogen-bond donors (Lipinski definition) is 0. The van der Waals surface area contributed by atoms with Crippen LogP contribution in [0.3, 0.4) is 0 Å². The summed E-state index contributed by atoms with van der Waals surface area (Å²) in [5, 5.41) is 18.5. The van der Waals surface area contributed by atoms with Crippen molar-refractivity contribution < 1.29 is 22.8 Å². The maximum Gasteiger partial charge on any atom is 0.573 e. The van der Waals surface area contributed by atoms with Gasteiger partial charge in [0, 0.05) is 6.07 Å². The Kier molecular flexibility index (Phi) is 3.43. The molecule has 0 saturated heterocycles. The molecule has 0 fully saturated rings. The van der Waals surface area contributed by atoms with Crippen LogP contribution in [0, 0.1) is 21.4 Å². The van der Waals surface area contributed by atoms with Gasteiger partial charge in [0.15, 0.2) is 0 Å².